The minimum Gasteiger partial charge on any atom is -0.479 e. The Bertz CT molecular complexity index is 466. The highest BCUT2D eigenvalue weighted by molar-refractivity contribution is 5.90. The van der Waals surface area contributed by atoms with Crippen LogP contribution in [0.5, 0.6) is 5.75 Å². The zero-order valence-corrected chi connectivity index (χ0v) is 12.7. The Morgan fingerprint density at radius 3 is 2.76 bits per heavy atom. The zero-order chi connectivity index (χ0) is 15.3. The molecule has 1 amide bonds. The van der Waals surface area contributed by atoms with Gasteiger partial charge in [-0.15, -0.1) is 0 Å². The van der Waals surface area contributed by atoms with Gasteiger partial charge in [-0.25, -0.2) is 0 Å². The topological polar surface area (TPSA) is 62.1 Å². The Labute approximate surface area is 127 Å². The fourth-order valence-electron chi connectivity index (χ4n) is 2.07. The number of amides is 1. The molecule has 0 atom stereocenters. The smallest absolute Gasteiger partial charge is 0.224 e. The van der Waals surface area contributed by atoms with Gasteiger partial charge < -0.3 is 10.1 Å². The van der Waals surface area contributed by atoms with Crippen LogP contribution in [0.2, 0.25) is 0 Å². The van der Waals surface area contributed by atoms with Crippen molar-refractivity contribution in [3.63, 3.8) is 0 Å². The number of nitrogens with zero attached hydrogens (tertiary/aromatic N) is 1. The molecule has 0 saturated heterocycles. The lowest BCUT2D eigenvalue weighted by molar-refractivity contribution is -0.116. The molecular weight excluding hydrogens is 264 g/mol. The molecule has 0 bridgehead atoms. The molecule has 0 aliphatic heterocycles. The molecule has 0 aliphatic carbocycles. The van der Waals surface area contributed by atoms with Crippen molar-refractivity contribution in [2.75, 3.05) is 11.9 Å². The van der Waals surface area contributed by atoms with Crippen LogP contribution in [0.1, 0.15) is 51.9 Å². The van der Waals surface area contributed by atoms with E-state index in [4.69, 9.17) is 10.00 Å². The minimum atomic E-state index is 0.00909. The van der Waals surface area contributed by atoms with Crippen molar-refractivity contribution in [1.82, 2.24) is 0 Å². The zero-order valence-electron chi connectivity index (χ0n) is 12.7. The molecule has 0 aliphatic rings. The number of benzene rings is 1. The van der Waals surface area contributed by atoms with E-state index in [0.29, 0.717) is 17.9 Å². The van der Waals surface area contributed by atoms with E-state index in [2.05, 4.69) is 12.2 Å². The summed E-state index contributed by atoms with van der Waals surface area (Å²) in [6.07, 6.45) is 7.58. The van der Waals surface area contributed by atoms with Crippen LogP contribution in [0.3, 0.4) is 0 Å². The van der Waals surface area contributed by atoms with Gasteiger partial charge in [-0.3, -0.25) is 4.79 Å². The summed E-state index contributed by atoms with van der Waals surface area (Å²) in [6, 6.07) is 9.03. The van der Waals surface area contributed by atoms with Crippen molar-refractivity contribution in [3.8, 4) is 11.8 Å². The maximum atomic E-state index is 11.8. The lowest BCUT2D eigenvalue weighted by atomic mass is 10.1. The Hall–Kier alpha value is -2.02. The van der Waals surface area contributed by atoms with Gasteiger partial charge >= 0.3 is 0 Å². The summed E-state index contributed by atoms with van der Waals surface area (Å²) >= 11 is 0. The third-order valence-corrected chi connectivity index (χ3v) is 3.18. The summed E-state index contributed by atoms with van der Waals surface area (Å²) in [5.74, 6) is 0.622. The number of nitriles is 1. The highest BCUT2D eigenvalue weighted by Crippen LogP contribution is 2.17. The number of carbonyl (C=O) groups is 1. The van der Waals surface area contributed by atoms with Crippen LogP contribution in [-0.2, 0) is 4.79 Å². The van der Waals surface area contributed by atoms with E-state index in [1.807, 2.05) is 12.1 Å². The number of hydrogen-bond donors (Lipinski definition) is 1. The SMILES string of the molecule is CCCCCCCCC(=O)Nc1cccc(OCC#N)c1. The summed E-state index contributed by atoms with van der Waals surface area (Å²) in [4.78, 5) is 11.8. The second-order valence-corrected chi connectivity index (χ2v) is 5.04. The molecule has 1 N–H and O–H groups in total. The Morgan fingerprint density at radius 1 is 1.24 bits per heavy atom. The fourth-order valence-corrected chi connectivity index (χ4v) is 2.07. The van der Waals surface area contributed by atoms with Crippen LogP contribution >= 0.6 is 0 Å². The average molecular weight is 288 g/mol. The van der Waals surface area contributed by atoms with E-state index in [0.717, 1.165) is 12.8 Å². The molecule has 4 nitrogen and oxygen atoms in total. The number of carbonyl (C=O) groups excluding carboxylic acids is 1. The Kier molecular flexibility index (Phi) is 8.70. The van der Waals surface area contributed by atoms with Gasteiger partial charge in [0.1, 0.15) is 11.8 Å². The predicted octanol–water partition coefficient (Wildman–Crippen LogP) is 4.28. The van der Waals surface area contributed by atoms with Crippen LogP contribution in [-0.4, -0.2) is 12.5 Å². The van der Waals surface area contributed by atoms with E-state index in [1.54, 1.807) is 18.2 Å². The summed E-state index contributed by atoms with van der Waals surface area (Å²) in [6.45, 7) is 2.21. The van der Waals surface area contributed by atoms with Crippen molar-refractivity contribution in [2.45, 2.75) is 51.9 Å². The average Bonchev–Trinajstić information content (AvgIpc) is 2.49. The van der Waals surface area contributed by atoms with Crippen molar-refractivity contribution < 1.29 is 9.53 Å². The molecule has 4 heteroatoms. The maximum absolute atomic E-state index is 11.8. The van der Waals surface area contributed by atoms with Crippen LogP contribution in [0.15, 0.2) is 24.3 Å². The molecule has 1 aromatic rings. The van der Waals surface area contributed by atoms with Gasteiger partial charge in [-0.05, 0) is 18.6 Å². The maximum Gasteiger partial charge on any atom is 0.224 e. The Morgan fingerprint density at radius 2 is 2.00 bits per heavy atom. The molecule has 0 heterocycles. The van der Waals surface area contributed by atoms with E-state index >= 15 is 0 Å². The molecule has 0 saturated carbocycles. The quantitative estimate of drug-likeness (QED) is 0.654. The third kappa shape index (κ3) is 7.98. The van der Waals surface area contributed by atoms with Gasteiger partial charge in [0.05, 0.1) is 0 Å². The van der Waals surface area contributed by atoms with Crippen LogP contribution < -0.4 is 10.1 Å². The van der Waals surface area contributed by atoms with Crippen molar-refractivity contribution >= 4 is 11.6 Å². The van der Waals surface area contributed by atoms with Crippen molar-refractivity contribution in [1.29, 1.82) is 5.26 Å². The second kappa shape index (κ2) is 10.7. The first kappa shape index (κ1) is 17.0. The first-order valence-electron chi connectivity index (χ1n) is 7.66. The number of nitrogens with one attached hydrogen (secondary N) is 1. The molecule has 0 unspecified atom stereocenters. The second-order valence-electron chi connectivity index (χ2n) is 5.04. The first-order chi connectivity index (χ1) is 10.3. The van der Waals surface area contributed by atoms with E-state index in [-0.39, 0.29) is 12.5 Å². The fraction of sp³-hybridized carbons (Fsp3) is 0.529. The molecule has 0 radical (unpaired) electrons. The van der Waals surface area contributed by atoms with Gasteiger partial charge in [0.25, 0.3) is 0 Å². The summed E-state index contributed by atoms with van der Waals surface area (Å²) in [5, 5.41) is 11.3. The van der Waals surface area contributed by atoms with Gasteiger partial charge in [0, 0.05) is 18.2 Å². The number of anilines is 1. The predicted molar refractivity (Wildman–Crippen MR) is 84.2 cm³/mol. The Balaban J connectivity index is 2.26. The van der Waals surface area contributed by atoms with E-state index < -0.39 is 0 Å². The molecule has 21 heavy (non-hydrogen) atoms. The van der Waals surface area contributed by atoms with Gasteiger partial charge in [-0.1, -0.05) is 45.1 Å². The van der Waals surface area contributed by atoms with Gasteiger partial charge in [0.2, 0.25) is 5.91 Å². The number of hydrogen-bond acceptors (Lipinski definition) is 3. The van der Waals surface area contributed by atoms with Gasteiger partial charge in [0.15, 0.2) is 6.61 Å². The van der Waals surface area contributed by atoms with Crippen LogP contribution in [0, 0.1) is 11.3 Å². The van der Waals surface area contributed by atoms with Crippen LogP contribution in [0.25, 0.3) is 0 Å². The lowest BCUT2D eigenvalue weighted by Crippen LogP contribution is -2.11. The molecule has 0 spiro atoms. The summed E-state index contributed by atoms with van der Waals surface area (Å²) in [7, 11) is 0. The normalized spacial score (nSPS) is 9.90. The number of rotatable bonds is 10. The standard InChI is InChI=1S/C17H24N2O2/c1-2-3-4-5-6-7-11-17(20)19-15-9-8-10-16(14-15)21-13-12-18/h8-10,14H,2-7,11,13H2,1H3,(H,19,20). The highest BCUT2D eigenvalue weighted by atomic mass is 16.5. The van der Waals surface area contributed by atoms with Gasteiger partial charge in [-0.2, -0.15) is 5.26 Å². The van der Waals surface area contributed by atoms with E-state index in [1.165, 1.54) is 25.7 Å². The largest absolute Gasteiger partial charge is 0.479 e. The number of unbranched alkanes of at least 4 members (excludes halogenated alkanes) is 5. The molecular formula is C17H24N2O2. The number of ether oxygens (including phenoxy) is 1. The molecule has 0 fully saturated rings. The monoisotopic (exact) mass is 288 g/mol. The van der Waals surface area contributed by atoms with E-state index in [9.17, 15) is 4.79 Å². The summed E-state index contributed by atoms with van der Waals surface area (Å²) < 4.78 is 5.20. The third-order valence-electron chi connectivity index (χ3n) is 3.18. The molecule has 1 rings (SSSR count). The van der Waals surface area contributed by atoms with Crippen LogP contribution in [0.4, 0.5) is 5.69 Å². The molecule has 1 aromatic carbocycles. The lowest BCUT2D eigenvalue weighted by Gasteiger charge is -2.07. The summed E-state index contributed by atoms with van der Waals surface area (Å²) in [5.41, 5.74) is 0.710. The first-order valence-corrected chi connectivity index (χ1v) is 7.66. The van der Waals surface area contributed by atoms with Crippen molar-refractivity contribution in [3.05, 3.63) is 24.3 Å². The molecule has 114 valence electrons. The highest BCUT2D eigenvalue weighted by Gasteiger charge is 2.03. The van der Waals surface area contributed by atoms with Crippen molar-refractivity contribution in [2.24, 2.45) is 0 Å². The minimum absolute atomic E-state index is 0.00909. The molecule has 0 aromatic heterocycles.